The third-order valence-corrected chi connectivity index (χ3v) is 7.58. The molecule has 4 aromatic rings. The largest absolute Gasteiger partial charge is 0.457 e. The number of hydrogen-bond acceptors (Lipinski definition) is 3. The Morgan fingerprint density at radius 1 is 0.833 bits per heavy atom. The van der Waals surface area contributed by atoms with E-state index in [2.05, 4.69) is 56.4 Å². The zero-order valence-electron chi connectivity index (χ0n) is 20.2. The second kappa shape index (κ2) is 10.2. The lowest BCUT2D eigenvalue weighted by molar-refractivity contribution is 0.353. The number of para-hydroxylation sites is 1. The van der Waals surface area contributed by atoms with E-state index >= 15 is 0 Å². The van der Waals surface area contributed by atoms with Gasteiger partial charge in [0.05, 0.1) is 17.8 Å². The molecule has 182 valence electrons. The maximum Gasteiger partial charge on any atom is 0.174 e. The van der Waals surface area contributed by atoms with Crippen LogP contribution in [0.2, 0.25) is 0 Å². The molecule has 3 heterocycles. The standard InChI is InChI=1S/C30H30N4OS/c36-30-32-28(27-13-7-8-19-31-27)29(22-18-20-33(21-22)23-9-3-1-4-10-23)34(30)24-14-16-26(17-15-24)35-25-11-5-2-6-12-25/h2,5-8,11-21,23,28-29H,1,3-4,9-10H2,(H,32,36)/t28-,29+/m1/s1. The van der Waals surface area contributed by atoms with Gasteiger partial charge in [0.15, 0.2) is 5.11 Å². The van der Waals surface area contributed by atoms with Gasteiger partial charge in [0.25, 0.3) is 0 Å². The number of rotatable bonds is 6. The first-order chi connectivity index (χ1) is 17.8. The summed E-state index contributed by atoms with van der Waals surface area (Å²) in [4.78, 5) is 6.90. The molecule has 0 unspecified atom stereocenters. The molecule has 1 saturated heterocycles. The predicted octanol–water partition coefficient (Wildman–Crippen LogP) is 7.36. The van der Waals surface area contributed by atoms with Gasteiger partial charge in [-0.15, -0.1) is 0 Å². The van der Waals surface area contributed by atoms with E-state index in [1.807, 2.05) is 60.8 Å². The Bertz CT molecular complexity index is 1300. The molecule has 1 N–H and O–H groups in total. The van der Waals surface area contributed by atoms with E-state index < -0.39 is 0 Å². The van der Waals surface area contributed by atoms with Gasteiger partial charge >= 0.3 is 0 Å². The molecular formula is C30H30N4OS. The van der Waals surface area contributed by atoms with Gasteiger partial charge in [-0.05, 0) is 85.2 Å². The van der Waals surface area contributed by atoms with Crippen LogP contribution in [0, 0.1) is 0 Å². The van der Waals surface area contributed by atoms with Crippen LogP contribution in [0.1, 0.15) is 61.5 Å². The Hall–Kier alpha value is -3.64. The van der Waals surface area contributed by atoms with Crippen LogP contribution in [0.3, 0.4) is 0 Å². The fraction of sp³-hybridized carbons (Fsp3) is 0.267. The first-order valence-electron chi connectivity index (χ1n) is 12.8. The number of pyridine rings is 1. The molecule has 1 aliphatic heterocycles. The van der Waals surface area contributed by atoms with Crippen molar-refractivity contribution in [3.63, 3.8) is 0 Å². The molecule has 5 nitrogen and oxygen atoms in total. The van der Waals surface area contributed by atoms with Crippen LogP contribution in [0.4, 0.5) is 5.69 Å². The summed E-state index contributed by atoms with van der Waals surface area (Å²) in [5.74, 6) is 1.62. The summed E-state index contributed by atoms with van der Waals surface area (Å²) in [6, 6.07) is 26.9. The number of anilines is 1. The van der Waals surface area contributed by atoms with Crippen molar-refractivity contribution in [1.82, 2.24) is 14.9 Å². The summed E-state index contributed by atoms with van der Waals surface area (Å²) in [5.41, 5.74) is 3.26. The van der Waals surface area contributed by atoms with E-state index in [1.165, 1.54) is 37.7 Å². The van der Waals surface area contributed by atoms with E-state index in [4.69, 9.17) is 17.0 Å². The number of nitrogens with one attached hydrogen (secondary N) is 1. The molecule has 2 aliphatic rings. The minimum absolute atomic E-state index is 0.00173. The Morgan fingerprint density at radius 2 is 1.58 bits per heavy atom. The van der Waals surface area contributed by atoms with Crippen molar-refractivity contribution in [3.8, 4) is 11.5 Å². The predicted molar refractivity (Wildman–Crippen MR) is 147 cm³/mol. The molecule has 36 heavy (non-hydrogen) atoms. The maximum absolute atomic E-state index is 6.01. The number of hydrogen-bond donors (Lipinski definition) is 1. The molecule has 0 bridgehead atoms. The molecule has 2 atom stereocenters. The van der Waals surface area contributed by atoms with Crippen molar-refractivity contribution in [2.75, 3.05) is 4.90 Å². The molecule has 2 fully saturated rings. The number of thiocarbonyl (C=S) groups is 1. The van der Waals surface area contributed by atoms with Crippen molar-refractivity contribution in [2.24, 2.45) is 0 Å². The highest BCUT2D eigenvalue weighted by Gasteiger charge is 2.41. The molecule has 2 aromatic carbocycles. The Balaban J connectivity index is 1.33. The van der Waals surface area contributed by atoms with Gasteiger partial charge in [-0.3, -0.25) is 4.98 Å². The quantitative estimate of drug-likeness (QED) is 0.284. The smallest absolute Gasteiger partial charge is 0.174 e. The van der Waals surface area contributed by atoms with Crippen molar-refractivity contribution in [3.05, 3.63) is 109 Å². The Morgan fingerprint density at radius 3 is 2.33 bits per heavy atom. The lowest BCUT2D eigenvalue weighted by atomic mass is 9.95. The first kappa shape index (κ1) is 22.8. The van der Waals surface area contributed by atoms with Gasteiger partial charge in [0.2, 0.25) is 0 Å². The molecule has 0 radical (unpaired) electrons. The monoisotopic (exact) mass is 494 g/mol. The van der Waals surface area contributed by atoms with Crippen molar-refractivity contribution in [2.45, 2.75) is 50.2 Å². The number of benzene rings is 2. The number of ether oxygens (including phenoxy) is 1. The molecule has 1 saturated carbocycles. The van der Waals surface area contributed by atoms with E-state index in [1.54, 1.807) is 0 Å². The molecular weight excluding hydrogens is 464 g/mol. The van der Waals surface area contributed by atoms with Gasteiger partial charge in [-0.1, -0.05) is 43.5 Å². The van der Waals surface area contributed by atoms with Gasteiger partial charge in [-0.25, -0.2) is 0 Å². The maximum atomic E-state index is 6.01. The Kier molecular flexibility index (Phi) is 6.43. The molecule has 1 aliphatic carbocycles. The van der Waals surface area contributed by atoms with E-state index in [-0.39, 0.29) is 12.1 Å². The van der Waals surface area contributed by atoms with Crippen LogP contribution in [0.25, 0.3) is 0 Å². The zero-order chi connectivity index (χ0) is 24.3. The lowest BCUT2D eigenvalue weighted by Gasteiger charge is -2.28. The normalized spacial score (nSPS) is 20.3. The van der Waals surface area contributed by atoms with E-state index in [0.717, 1.165) is 22.9 Å². The summed E-state index contributed by atoms with van der Waals surface area (Å²) in [7, 11) is 0. The minimum atomic E-state index is -0.0406. The van der Waals surface area contributed by atoms with Crippen LogP contribution in [-0.2, 0) is 0 Å². The highest BCUT2D eigenvalue weighted by molar-refractivity contribution is 7.80. The van der Waals surface area contributed by atoms with Crippen molar-refractivity contribution >= 4 is 23.0 Å². The second-order valence-corrected chi connectivity index (χ2v) is 9.98. The van der Waals surface area contributed by atoms with Crippen LogP contribution >= 0.6 is 12.2 Å². The summed E-state index contributed by atoms with van der Waals surface area (Å²) in [6.45, 7) is 0. The molecule has 6 rings (SSSR count). The van der Waals surface area contributed by atoms with Crippen molar-refractivity contribution < 1.29 is 4.74 Å². The molecule has 0 amide bonds. The topological polar surface area (TPSA) is 42.3 Å². The Labute approximate surface area is 217 Å². The zero-order valence-corrected chi connectivity index (χ0v) is 21.0. The number of nitrogens with zero attached hydrogens (tertiary/aromatic N) is 3. The minimum Gasteiger partial charge on any atom is -0.457 e. The van der Waals surface area contributed by atoms with Gasteiger partial charge < -0.3 is 19.5 Å². The molecule has 2 aromatic heterocycles. The fourth-order valence-corrected chi connectivity index (χ4v) is 5.83. The number of aromatic nitrogens is 2. The lowest BCUT2D eigenvalue weighted by Crippen LogP contribution is -2.29. The van der Waals surface area contributed by atoms with Crippen LogP contribution in [-0.4, -0.2) is 14.7 Å². The van der Waals surface area contributed by atoms with E-state index in [9.17, 15) is 0 Å². The highest BCUT2D eigenvalue weighted by atomic mass is 32.1. The molecule has 0 spiro atoms. The van der Waals surface area contributed by atoms with Gasteiger partial charge in [-0.2, -0.15) is 0 Å². The average molecular weight is 495 g/mol. The van der Waals surface area contributed by atoms with Gasteiger partial charge in [0, 0.05) is 30.3 Å². The average Bonchev–Trinajstić information content (AvgIpc) is 3.56. The van der Waals surface area contributed by atoms with Gasteiger partial charge in [0.1, 0.15) is 11.5 Å². The summed E-state index contributed by atoms with van der Waals surface area (Å²) in [5, 5.41) is 4.27. The molecule has 6 heteroatoms. The summed E-state index contributed by atoms with van der Waals surface area (Å²) >= 11 is 5.90. The first-order valence-corrected chi connectivity index (χ1v) is 13.2. The summed E-state index contributed by atoms with van der Waals surface area (Å²) in [6.07, 6.45) is 12.9. The van der Waals surface area contributed by atoms with Crippen molar-refractivity contribution in [1.29, 1.82) is 0 Å². The summed E-state index contributed by atoms with van der Waals surface area (Å²) < 4.78 is 8.43. The van der Waals surface area contributed by atoms with Crippen LogP contribution in [0.5, 0.6) is 11.5 Å². The highest BCUT2D eigenvalue weighted by Crippen LogP contribution is 2.42. The second-order valence-electron chi connectivity index (χ2n) is 9.59. The third kappa shape index (κ3) is 4.61. The fourth-order valence-electron chi connectivity index (χ4n) is 5.48. The SMILES string of the molecule is S=C1N[C@H](c2ccccn2)[C@H](c2ccn(C3CCCCC3)c2)N1c1ccc(Oc2ccccc2)cc1. The van der Waals surface area contributed by atoms with Crippen LogP contribution in [0.15, 0.2) is 97.5 Å². The third-order valence-electron chi connectivity index (χ3n) is 7.27. The van der Waals surface area contributed by atoms with E-state index in [0.29, 0.717) is 11.2 Å². The van der Waals surface area contributed by atoms with Crippen LogP contribution < -0.4 is 15.0 Å².